The number of ether oxygens (including phenoxy) is 1. The molecule has 0 aliphatic rings. The molecule has 0 bridgehead atoms. The third kappa shape index (κ3) is 3.11. The zero-order chi connectivity index (χ0) is 14.5. The molecule has 0 spiro atoms. The zero-order valence-electron chi connectivity index (χ0n) is 11.7. The monoisotopic (exact) mass is 276 g/mol. The van der Waals surface area contributed by atoms with Crippen molar-refractivity contribution in [2.24, 2.45) is 0 Å². The first-order valence-corrected chi connectivity index (χ1v) is 7.03. The van der Waals surface area contributed by atoms with Crippen LogP contribution in [0.3, 0.4) is 0 Å². The van der Waals surface area contributed by atoms with E-state index >= 15 is 0 Å². The summed E-state index contributed by atoms with van der Waals surface area (Å²) in [5, 5.41) is 1.99. The van der Waals surface area contributed by atoms with Gasteiger partial charge in [0, 0.05) is 6.42 Å². The van der Waals surface area contributed by atoms with Gasteiger partial charge in [-0.05, 0) is 22.4 Å². The molecule has 0 unspecified atom stereocenters. The Balaban J connectivity index is 1.70. The van der Waals surface area contributed by atoms with Crippen LogP contribution in [0, 0.1) is 0 Å². The van der Waals surface area contributed by atoms with E-state index in [0.29, 0.717) is 12.2 Å². The highest BCUT2D eigenvalue weighted by Crippen LogP contribution is 2.19. The summed E-state index contributed by atoms with van der Waals surface area (Å²) in [7, 11) is 0. The Hall–Kier alpha value is -2.61. The van der Waals surface area contributed by atoms with E-state index in [2.05, 4.69) is 0 Å². The van der Waals surface area contributed by atoms with Crippen LogP contribution in [-0.2, 0) is 11.2 Å². The number of esters is 1. The molecule has 0 fully saturated rings. The van der Waals surface area contributed by atoms with Gasteiger partial charge in [0.2, 0.25) is 0 Å². The third-order valence-corrected chi connectivity index (χ3v) is 3.48. The van der Waals surface area contributed by atoms with Crippen molar-refractivity contribution in [2.75, 3.05) is 6.61 Å². The Labute approximate surface area is 124 Å². The van der Waals surface area contributed by atoms with Gasteiger partial charge in [-0.3, -0.25) is 0 Å². The van der Waals surface area contributed by atoms with Crippen molar-refractivity contribution < 1.29 is 9.53 Å². The maximum absolute atomic E-state index is 12.2. The average molecular weight is 276 g/mol. The summed E-state index contributed by atoms with van der Waals surface area (Å²) in [6, 6.07) is 23.6. The summed E-state index contributed by atoms with van der Waals surface area (Å²) >= 11 is 0. The number of hydrogen-bond acceptors (Lipinski definition) is 2. The molecular formula is C19H16O2. The van der Waals surface area contributed by atoms with Crippen LogP contribution in [0.15, 0.2) is 72.8 Å². The van der Waals surface area contributed by atoms with Crippen LogP contribution in [0.4, 0.5) is 0 Å². The van der Waals surface area contributed by atoms with Crippen molar-refractivity contribution in [2.45, 2.75) is 6.42 Å². The fourth-order valence-corrected chi connectivity index (χ4v) is 2.39. The van der Waals surface area contributed by atoms with Crippen LogP contribution in [0.2, 0.25) is 0 Å². The van der Waals surface area contributed by atoms with Gasteiger partial charge in [0.1, 0.15) is 0 Å². The highest BCUT2D eigenvalue weighted by atomic mass is 16.5. The minimum atomic E-state index is -0.261. The summed E-state index contributed by atoms with van der Waals surface area (Å²) in [5.41, 5.74) is 1.80. The van der Waals surface area contributed by atoms with Crippen LogP contribution in [0.25, 0.3) is 10.8 Å². The lowest BCUT2D eigenvalue weighted by Gasteiger charge is -2.07. The minimum Gasteiger partial charge on any atom is -0.462 e. The van der Waals surface area contributed by atoms with Crippen molar-refractivity contribution in [3.05, 3.63) is 83.9 Å². The second-order valence-corrected chi connectivity index (χ2v) is 4.90. The quantitative estimate of drug-likeness (QED) is 0.666. The molecule has 0 N–H and O–H groups in total. The summed E-state index contributed by atoms with van der Waals surface area (Å²) in [5.74, 6) is -0.261. The first kappa shape index (κ1) is 13.4. The summed E-state index contributed by atoms with van der Waals surface area (Å²) < 4.78 is 5.40. The maximum atomic E-state index is 12.2. The first-order valence-electron chi connectivity index (χ1n) is 7.03. The molecule has 21 heavy (non-hydrogen) atoms. The molecule has 104 valence electrons. The molecule has 3 aromatic carbocycles. The van der Waals surface area contributed by atoms with Crippen LogP contribution < -0.4 is 0 Å². The number of carbonyl (C=O) groups excluding carboxylic acids is 1. The highest BCUT2D eigenvalue weighted by Gasteiger charge is 2.10. The lowest BCUT2D eigenvalue weighted by molar-refractivity contribution is 0.0511. The lowest BCUT2D eigenvalue weighted by Crippen LogP contribution is -2.08. The second kappa shape index (κ2) is 6.23. The minimum absolute atomic E-state index is 0.261. The molecule has 2 heteroatoms. The van der Waals surface area contributed by atoms with Gasteiger partial charge in [0.25, 0.3) is 0 Å². The van der Waals surface area contributed by atoms with Gasteiger partial charge in [-0.2, -0.15) is 0 Å². The van der Waals surface area contributed by atoms with Crippen LogP contribution in [-0.4, -0.2) is 12.6 Å². The smallest absolute Gasteiger partial charge is 0.338 e. The second-order valence-electron chi connectivity index (χ2n) is 4.90. The van der Waals surface area contributed by atoms with Gasteiger partial charge in [0.05, 0.1) is 12.2 Å². The average Bonchev–Trinajstić information content (AvgIpc) is 2.55. The summed E-state index contributed by atoms with van der Waals surface area (Å²) in [4.78, 5) is 12.2. The van der Waals surface area contributed by atoms with Crippen molar-refractivity contribution >= 4 is 16.7 Å². The largest absolute Gasteiger partial charge is 0.462 e. The number of rotatable bonds is 4. The highest BCUT2D eigenvalue weighted by molar-refractivity contribution is 6.04. The molecule has 0 aliphatic heterocycles. The third-order valence-electron chi connectivity index (χ3n) is 3.48. The van der Waals surface area contributed by atoms with Crippen molar-refractivity contribution in [3.63, 3.8) is 0 Å². The normalized spacial score (nSPS) is 10.5. The molecule has 0 aliphatic carbocycles. The molecule has 0 heterocycles. The topological polar surface area (TPSA) is 26.3 Å². The molecule has 2 nitrogen and oxygen atoms in total. The van der Waals surface area contributed by atoms with E-state index in [-0.39, 0.29) is 5.97 Å². The number of carbonyl (C=O) groups is 1. The van der Waals surface area contributed by atoms with Gasteiger partial charge >= 0.3 is 5.97 Å². The van der Waals surface area contributed by atoms with Crippen molar-refractivity contribution in [1.82, 2.24) is 0 Å². The predicted octanol–water partition coefficient (Wildman–Crippen LogP) is 4.24. The van der Waals surface area contributed by atoms with Crippen molar-refractivity contribution in [1.29, 1.82) is 0 Å². The van der Waals surface area contributed by atoms with Gasteiger partial charge in [0.15, 0.2) is 0 Å². The Morgan fingerprint density at radius 1 is 0.810 bits per heavy atom. The van der Waals surface area contributed by atoms with E-state index in [9.17, 15) is 4.79 Å². The molecule has 0 saturated carbocycles. The van der Waals surface area contributed by atoms with Gasteiger partial charge < -0.3 is 4.74 Å². The molecular weight excluding hydrogens is 260 g/mol. The Kier molecular flexibility index (Phi) is 3.97. The fraction of sp³-hybridized carbons (Fsp3) is 0.105. The number of fused-ring (bicyclic) bond motifs is 1. The molecule has 3 aromatic rings. The summed E-state index contributed by atoms with van der Waals surface area (Å²) in [6.07, 6.45) is 0.733. The fourth-order valence-electron chi connectivity index (χ4n) is 2.39. The van der Waals surface area contributed by atoms with E-state index in [0.717, 1.165) is 17.2 Å². The Bertz CT molecular complexity index is 742. The zero-order valence-corrected chi connectivity index (χ0v) is 11.7. The molecule has 0 amide bonds. The number of hydrogen-bond donors (Lipinski definition) is 0. The Morgan fingerprint density at radius 3 is 2.38 bits per heavy atom. The molecule has 0 saturated heterocycles. The van der Waals surface area contributed by atoms with E-state index in [1.807, 2.05) is 72.8 Å². The molecule has 0 radical (unpaired) electrons. The van der Waals surface area contributed by atoms with Crippen LogP contribution in [0.1, 0.15) is 15.9 Å². The first-order chi connectivity index (χ1) is 10.3. The van der Waals surface area contributed by atoms with Gasteiger partial charge in [-0.1, -0.05) is 66.7 Å². The van der Waals surface area contributed by atoms with E-state index in [1.165, 1.54) is 5.56 Å². The molecule has 0 aromatic heterocycles. The lowest BCUT2D eigenvalue weighted by atomic mass is 10.0. The summed E-state index contributed by atoms with van der Waals surface area (Å²) in [6.45, 7) is 0.395. The van der Waals surface area contributed by atoms with Crippen LogP contribution >= 0.6 is 0 Å². The van der Waals surface area contributed by atoms with Gasteiger partial charge in [-0.15, -0.1) is 0 Å². The maximum Gasteiger partial charge on any atom is 0.338 e. The van der Waals surface area contributed by atoms with Crippen LogP contribution in [0.5, 0.6) is 0 Å². The van der Waals surface area contributed by atoms with E-state index in [4.69, 9.17) is 4.74 Å². The van der Waals surface area contributed by atoms with E-state index < -0.39 is 0 Å². The van der Waals surface area contributed by atoms with E-state index in [1.54, 1.807) is 0 Å². The molecule has 3 rings (SSSR count). The predicted molar refractivity (Wildman–Crippen MR) is 84.4 cm³/mol. The van der Waals surface area contributed by atoms with Gasteiger partial charge in [-0.25, -0.2) is 4.79 Å². The van der Waals surface area contributed by atoms with Crippen molar-refractivity contribution in [3.8, 4) is 0 Å². The number of benzene rings is 3. The molecule has 0 atom stereocenters. The standard InChI is InChI=1S/C19H16O2/c20-19(21-14-13-15-7-2-1-3-8-15)18-12-6-10-16-9-4-5-11-17(16)18/h1-12H,13-14H2. The SMILES string of the molecule is O=C(OCCc1ccccc1)c1cccc2ccccc12. The Morgan fingerprint density at radius 2 is 1.52 bits per heavy atom.